The van der Waals surface area contributed by atoms with Crippen LogP contribution in [0.2, 0.25) is 0 Å². The van der Waals surface area contributed by atoms with Crippen molar-refractivity contribution in [2.45, 2.75) is 39.9 Å². The molecule has 224 valence electrons. The third-order valence-corrected chi connectivity index (χ3v) is 6.74. The molecule has 0 unspecified atom stereocenters. The van der Waals surface area contributed by atoms with E-state index in [1.54, 1.807) is 23.0 Å². The third kappa shape index (κ3) is 8.56. The Balaban J connectivity index is 0.00000294. The van der Waals surface area contributed by atoms with Crippen LogP contribution in [0.4, 0.5) is 5.69 Å². The predicted molar refractivity (Wildman–Crippen MR) is 163 cm³/mol. The summed E-state index contributed by atoms with van der Waals surface area (Å²) in [6, 6.07) is 13.9. The summed E-state index contributed by atoms with van der Waals surface area (Å²) >= 11 is 0. The fourth-order valence-electron chi connectivity index (χ4n) is 4.58. The van der Waals surface area contributed by atoms with E-state index in [1.165, 1.54) is 18.2 Å². The number of carbonyl (C=O) groups is 2. The van der Waals surface area contributed by atoms with Gasteiger partial charge in [-0.2, -0.15) is 4.68 Å². The van der Waals surface area contributed by atoms with Gasteiger partial charge in [-0.3, -0.25) is 14.6 Å². The SMILES string of the molecule is Cc1cc(-c2nn(C)c(=O)o2)ccc1N(CC(=O)NCCNC(C)C)CC(=O)N(C)N1Cc2ccccc2C1.Cl.Cl. The second kappa shape index (κ2) is 15.0. The van der Waals surface area contributed by atoms with Gasteiger partial charge >= 0.3 is 5.76 Å². The van der Waals surface area contributed by atoms with Crippen molar-refractivity contribution in [3.8, 4) is 11.5 Å². The van der Waals surface area contributed by atoms with E-state index < -0.39 is 5.76 Å². The van der Waals surface area contributed by atoms with E-state index in [1.807, 2.05) is 50.0 Å². The summed E-state index contributed by atoms with van der Waals surface area (Å²) in [4.78, 5) is 39.9. The van der Waals surface area contributed by atoms with Gasteiger partial charge in [0.1, 0.15) is 0 Å². The summed E-state index contributed by atoms with van der Waals surface area (Å²) in [5.74, 6) is -0.641. The van der Waals surface area contributed by atoms with E-state index in [9.17, 15) is 14.4 Å². The Hall–Kier alpha value is -3.38. The number of nitrogens with zero attached hydrogens (tertiary/aromatic N) is 5. The zero-order chi connectivity index (χ0) is 28.1. The molecule has 3 aromatic rings. The van der Waals surface area contributed by atoms with Crippen LogP contribution in [0.5, 0.6) is 0 Å². The van der Waals surface area contributed by atoms with E-state index in [4.69, 9.17) is 4.42 Å². The normalized spacial score (nSPS) is 12.3. The molecule has 1 aliphatic heterocycles. The van der Waals surface area contributed by atoms with E-state index in [2.05, 4.69) is 27.9 Å². The van der Waals surface area contributed by atoms with Gasteiger partial charge in [0.05, 0.1) is 13.1 Å². The summed E-state index contributed by atoms with van der Waals surface area (Å²) in [5, 5.41) is 14.0. The minimum atomic E-state index is -0.547. The summed E-state index contributed by atoms with van der Waals surface area (Å²) < 4.78 is 6.35. The number of aryl methyl sites for hydroxylation is 2. The van der Waals surface area contributed by atoms with Crippen molar-refractivity contribution >= 4 is 42.3 Å². The highest BCUT2D eigenvalue weighted by Gasteiger charge is 2.27. The van der Waals surface area contributed by atoms with Crippen LogP contribution >= 0.6 is 24.8 Å². The Morgan fingerprint density at radius 3 is 2.27 bits per heavy atom. The molecule has 1 aliphatic rings. The van der Waals surface area contributed by atoms with Crippen LogP contribution in [-0.2, 0) is 29.7 Å². The lowest BCUT2D eigenvalue weighted by Crippen LogP contribution is -2.48. The van der Waals surface area contributed by atoms with Crippen LogP contribution in [0, 0.1) is 6.92 Å². The van der Waals surface area contributed by atoms with Crippen LogP contribution in [0.15, 0.2) is 51.7 Å². The second-order valence-corrected chi connectivity index (χ2v) is 10.1. The zero-order valence-corrected chi connectivity index (χ0v) is 25.7. The van der Waals surface area contributed by atoms with Gasteiger partial charge in [-0.1, -0.05) is 38.1 Å². The average molecular weight is 609 g/mol. The van der Waals surface area contributed by atoms with Gasteiger partial charge in [-0.25, -0.2) is 9.80 Å². The number of hydrogen-bond donors (Lipinski definition) is 2. The molecule has 0 fully saturated rings. The van der Waals surface area contributed by atoms with Crippen molar-refractivity contribution < 1.29 is 14.0 Å². The number of hydrazine groups is 1. The van der Waals surface area contributed by atoms with Gasteiger partial charge < -0.3 is 20.0 Å². The fraction of sp³-hybridized carbons (Fsp3) is 0.429. The molecule has 13 heteroatoms. The smallest absolute Gasteiger partial charge is 0.388 e. The summed E-state index contributed by atoms with van der Waals surface area (Å²) in [7, 11) is 3.29. The van der Waals surface area contributed by atoms with E-state index in [0.29, 0.717) is 37.8 Å². The Bertz CT molecular complexity index is 1370. The van der Waals surface area contributed by atoms with Crippen molar-refractivity contribution in [2.24, 2.45) is 7.05 Å². The lowest BCUT2D eigenvalue weighted by Gasteiger charge is -2.32. The average Bonchev–Trinajstić information content (AvgIpc) is 3.48. The number of rotatable bonds is 11. The maximum Gasteiger partial charge on any atom is 0.437 e. The number of amides is 2. The third-order valence-electron chi connectivity index (χ3n) is 6.74. The van der Waals surface area contributed by atoms with Gasteiger partial charge in [0.15, 0.2) is 0 Å². The lowest BCUT2D eigenvalue weighted by atomic mass is 10.1. The summed E-state index contributed by atoms with van der Waals surface area (Å²) in [6.45, 7) is 8.48. The van der Waals surface area contributed by atoms with Crippen molar-refractivity contribution in [3.63, 3.8) is 0 Å². The van der Waals surface area contributed by atoms with Gasteiger partial charge in [-0.05, 0) is 41.8 Å². The van der Waals surface area contributed by atoms with E-state index >= 15 is 0 Å². The number of likely N-dealkylation sites (N-methyl/N-ethyl adjacent to an activating group) is 1. The zero-order valence-electron chi connectivity index (χ0n) is 24.0. The van der Waals surface area contributed by atoms with Crippen LogP contribution in [0.25, 0.3) is 11.5 Å². The molecular weight excluding hydrogens is 569 g/mol. The van der Waals surface area contributed by atoms with Crippen LogP contribution in [-0.4, -0.2) is 70.9 Å². The molecule has 2 amide bonds. The number of nitrogens with one attached hydrogen (secondary N) is 2. The number of fused-ring (bicyclic) bond motifs is 1. The molecule has 2 heterocycles. The monoisotopic (exact) mass is 607 g/mol. The number of hydrogen-bond acceptors (Lipinski definition) is 8. The molecule has 2 aromatic carbocycles. The quantitative estimate of drug-likeness (QED) is 0.319. The number of benzene rings is 2. The molecule has 11 nitrogen and oxygen atoms in total. The molecule has 0 spiro atoms. The van der Waals surface area contributed by atoms with Gasteiger partial charge in [0, 0.05) is 57.6 Å². The minimum Gasteiger partial charge on any atom is -0.388 e. The molecule has 0 aliphatic carbocycles. The summed E-state index contributed by atoms with van der Waals surface area (Å²) in [6.07, 6.45) is 0. The van der Waals surface area contributed by atoms with Crippen LogP contribution in [0.3, 0.4) is 0 Å². The van der Waals surface area contributed by atoms with E-state index in [0.717, 1.165) is 15.9 Å². The van der Waals surface area contributed by atoms with Crippen LogP contribution < -0.4 is 21.3 Å². The first-order valence-corrected chi connectivity index (χ1v) is 13.1. The first-order chi connectivity index (χ1) is 18.6. The molecule has 0 saturated heterocycles. The second-order valence-electron chi connectivity index (χ2n) is 10.1. The number of anilines is 1. The highest BCUT2D eigenvalue weighted by Crippen LogP contribution is 2.27. The highest BCUT2D eigenvalue weighted by molar-refractivity contribution is 5.87. The largest absolute Gasteiger partial charge is 0.437 e. The Labute approximate surface area is 252 Å². The number of halogens is 2. The van der Waals surface area contributed by atoms with Crippen molar-refractivity contribution in [3.05, 3.63) is 69.7 Å². The maximum atomic E-state index is 13.5. The van der Waals surface area contributed by atoms with Gasteiger partial charge in [0.25, 0.3) is 5.91 Å². The molecule has 0 atom stereocenters. The molecule has 1 aromatic heterocycles. The van der Waals surface area contributed by atoms with Gasteiger partial charge in [0.2, 0.25) is 11.8 Å². The maximum absolute atomic E-state index is 13.5. The molecule has 0 bridgehead atoms. The molecular formula is C28H39Cl2N7O4. The van der Waals surface area contributed by atoms with Crippen molar-refractivity contribution in [1.29, 1.82) is 0 Å². The Kier molecular flexibility index (Phi) is 12.4. The summed E-state index contributed by atoms with van der Waals surface area (Å²) in [5.41, 5.74) is 4.60. The van der Waals surface area contributed by atoms with Crippen LogP contribution in [0.1, 0.15) is 30.5 Å². The standard InChI is InChI=1S/C28H37N7O4.2ClH/c1-19(2)29-12-13-30-25(36)17-34(18-26(37)33(5)35-15-22-8-6-7-9-23(22)16-35)24-11-10-21(14-20(24)3)27-31-32(4)28(38)39-27;;/h6-11,14,19,29H,12-13,15-18H2,1-5H3,(H,30,36);2*1H. The Morgan fingerprint density at radius 1 is 1.05 bits per heavy atom. The fourth-order valence-corrected chi connectivity index (χ4v) is 4.58. The molecule has 0 radical (unpaired) electrons. The molecule has 2 N–H and O–H groups in total. The lowest BCUT2D eigenvalue weighted by molar-refractivity contribution is -0.145. The first kappa shape index (κ1) is 33.8. The number of carbonyl (C=O) groups excluding carboxylic acids is 2. The Morgan fingerprint density at radius 2 is 1.71 bits per heavy atom. The molecule has 0 saturated carbocycles. The number of aromatic nitrogens is 2. The molecule has 4 rings (SSSR count). The minimum absolute atomic E-state index is 0. The topological polar surface area (TPSA) is 116 Å². The van der Waals surface area contributed by atoms with Crippen molar-refractivity contribution in [2.75, 3.05) is 38.1 Å². The predicted octanol–water partition coefficient (Wildman–Crippen LogP) is 2.50. The molecule has 41 heavy (non-hydrogen) atoms. The van der Waals surface area contributed by atoms with E-state index in [-0.39, 0.29) is 55.6 Å². The van der Waals surface area contributed by atoms with Gasteiger partial charge in [-0.15, -0.1) is 29.9 Å². The van der Waals surface area contributed by atoms with Crippen molar-refractivity contribution in [1.82, 2.24) is 30.4 Å². The highest BCUT2D eigenvalue weighted by atomic mass is 35.5. The first-order valence-electron chi connectivity index (χ1n) is 13.1.